The van der Waals surface area contributed by atoms with Crippen LogP contribution >= 0.6 is 11.8 Å². The normalized spacial score (nSPS) is 28.4. The third kappa shape index (κ3) is 4.55. The van der Waals surface area contributed by atoms with Gasteiger partial charge in [-0.3, -0.25) is 14.4 Å². The number of nitrogens with zero attached hydrogens (tertiary/aromatic N) is 2. The minimum atomic E-state index is -1.16. The minimum absolute atomic E-state index is 0.00956. The molecule has 1 unspecified atom stereocenters. The standard InChI is InChI=1S/C24H30N4O6S/c1-11-18-17(12(2)29)23(32)28(18)19(24(33)34)20(11)35-15-9-16(25-10-15)21(30)26-14-7-5-6-13(8-14)22(31)27(3)4/h5-8,11-12,15-18,25,29H,9-10H2,1-4H3,(H,26,30)(H,33,34)/t11-,12-,15+,16?,17-,18-/m1/s1. The van der Waals surface area contributed by atoms with Crippen molar-refractivity contribution < 1.29 is 29.4 Å². The van der Waals surface area contributed by atoms with Crippen molar-refractivity contribution in [3.63, 3.8) is 0 Å². The van der Waals surface area contributed by atoms with Gasteiger partial charge in [-0.15, -0.1) is 11.8 Å². The van der Waals surface area contributed by atoms with Crippen LogP contribution in [-0.2, 0) is 14.4 Å². The van der Waals surface area contributed by atoms with Crippen molar-refractivity contribution in [1.29, 1.82) is 0 Å². The predicted octanol–water partition coefficient (Wildman–Crippen LogP) is 0.944. The lowest BCUT2D eigenvalue weighted by atomic mass is 9.79. The zero-order valence-electron chi connectivity index (χ0n) is 20.0. The average molecular weight is 503 g/mol. The first-order valence-electron chi connectivity index (χ1n) is 11.5. The van der Waals surface area contributed by atoms with Gasteiger partial charge in [-0.2, -0.15) is 0 Å². The van der Waals surface area contributed by atoms with Crippen LogP contribution in [-0.4, -0.2) is 87.8 Å². The summed E-state index contributed by atoms with van der Waals surface area (Å²) in [4.78, 5) is 53.0. The SMILES string of the molecule is C[C@@H](O)[C@H]1C(=O)N2C(C(=O)O)=C(S[C@@H]3CNC(C(=O)Nc4cccc(C(=O)N(C)C)c4)C3)[C@H](C)[C@H]12. The first-order valence-corrected chi connectivity index (χ1v) is 12.4. The molecular formula is C24H30N4O6S. The Hall–Kier alpha value is -2.89. The molecule has 11 heteroatoms. The molecule has 0 aliphatic carbocycles. The first kappa shape index (κ1) is 25.2. The monoisotopic (exact) mass is 502 g/mol. The Morgan fingerprint density at radius 1 is 1.29 bits per heavy atom. The van der Waals surface area contributed by atoms with Crippen LogP contribution in [0.4, 0.5) is 5.69 Å². The number of carboxylic acid groups (broad SMARTS) is 1. The molecule has 1 aromatic rings. The summed E-state index contributed by atoms with van der Waals surface area (Å²) in [5.41, 5.74) is 0.983. The van der Waals surface area contributed by atoms with Crippen molar-refractivity contribution in [3.05, 3.63) is 40.4 Å². The molecule has 2 fully saturated rings. The zero-order chi connectivity index (χ0) is 25.6. The summed E-state index contributed by atoms with van der Waals surface area (Å²) in [6.45, 7) is 3.93. The number of rotatable bonds is 7. The molecule has 4 N–H and O–H groups in total. The van der Waals surface area contributed by atoms with Crippen LogP contribution in [0.3, 0.4) is 0 Å². The first-order chi connectivity index (χ1) is 16.5. The van der Waals surface area contributed by atoms with E-state index in [2.05, 4.69) is 10.6 Å². The van der Waals surface area contributed by atoms with E-state index < -0.39 is 24.0 Å². The zero-order valence-corrected chi connectivity index (χ0v) is 20.8. The van der Waals surface area contributed by atoms with Crippen LogP contribution in [0.2, 0.25) is 0 Å². The lowest BCUT2D eigenvalue weighted by molar-refractivity contribution is -0.163. The number of β-lactam (4-membered cyclic amide) rings is 1. The number of amides is 3. The third-order valence-electron chi connectivity index (χ3n) is 6.79. The van der Waals surface area contributed by atoms with E-state index in [1.54, 1.807) is 45.3 Å². The molecular weight excluding hydrogens is 472 g/mol. The van der Waals surface area contributed by atoms with Gasteiger partial charge in [0.2, 0.25) is 11.8 Å². The van der Waals surface area contributed by atoms with Gasteiger partial charge < -0.3 is 30.6 Å². The summed E-state index contributed by atoms with van der Waals surface area (Å²) in [7, 11) is 3.32. The van der Waals surface area contributed by atoms with Gasteiger partial charge in [0, 0.05) is 48.0 Å². The van der Waals surface area contributed by atoms with E-state index in [9.17, 15) is 29.4 Å². The van der Waals surface area contributed by atoms with E-state index in [0.29, 0.717) is 29.1 Å². The van der Waals surface area contributed by atoms with Gasteiger partial charge in [0.25, 0.3) is 5.91 Å². The number of aliphatic hydroxyl groups excluding tert-OH is 1. The van der Waals surface area contributed by atoms with E-state index in [0.717, 1.165) is 0 Å². The Labute approximate surface area is 207 Å². The smallest absolute Gasteiger partial charge is 0.353 e. The highest BCUT2D eigenvalue weighted by Gasteiger charge is 2.60. The van der Waals surface area contributed by atoms with Crippen LogP contribution in [0, 0.1) is 11.8 Å². The second-order valence-electron chi connectivity index (χ2n) is 9.48. The molecule has 3 heterocycles. The van der Waals surface area contributed by atoms with Crippen LogP contribution in [0.1, 0.15) is 30.6 Å². The van der Waals surface area contributed by atoms with Crippen LogP contribution in [0.15, 0.2) is 34.9 Å². The minimum Gasteiger partial charge on any atom is -0.477 e. The summed E-state index contributed by atoms with van der Waals surface area (Å²) in [5.74, 6) is -2.73. The fourth-order valence-corrected chi connectivity index (χ4v) is 6.55. The van der Waals surface area contributed by atoms with Gasteiger partial charge in [0.1, 0.15) is 5.70 Å². The number of carbonyl (C=O) groups excluding carboxylic acids is 3. The Bertz CT molecular complexity index is 1100. The lowest BCUT2D eigenvalue weighted by Crippen LogP contribution is -2.63. The molecule has 4 rings (SSSR count). The molecule has 0 radical (unpaired) electrons. The number of anilines is 1. The highest BCUT2D eigenvalue weighted by Crippen LogP contribution is 2.51. The quantitative estimate of drug-likeness (QED) is 0.404. The number of nitrogens with one attached hydrogen (secondary N) is 2. The van der Waals surface area contributed by atoms with Crippen molar-refractivity contribution in [1.82, 2.24) is 15.1 Å². The number of benzene rings is 1. The second kappa shape index (κ2) is 9.63. The van der Waals surface area contributed by atoms with E-state index in [1.165, 1.54) is 21.6 Å². The van der Waals surface area contributed by atoms with Gasteiger partial charge in [-0.25, -0.2) is 4.79 Å². The fraction of sp³-hybridized carbons (Fsp3) is 0.500. The lowest BCUT2D eigenvalue weighted by Gasteiger charge is -2.46. The van der Waals surface area contributed by atoms with Gasteiger partial charge in [0.05, 0.1) is 24.1 Å². The second-order valence-corrected chi connectivity index (χ2v) is 10.8. The molecule has 10 nitrogen and oxygen atoms in total. The van der Waals surface area contributed by atoms with Crippen LogP contribution in [0.5, 0.6) is 0 Å². The number of fused-ring (bicyclic) bond motifs is 1. The van der Waals surface area contributed by atoms with E-state index in [4.69, 9.17) is 0 Å². The van der Waals surface area contributed by atoms with E-state index in [1.807, 2.05) is 6.92 Å². The molecule has 2 saturated heterocycles. The van der Waals surface area contributed by atoms with E-state index >= 15 is 0 Å². The number of aliphatic hydroxyl groups is 1. The topological polar surface area (TPSA) is 139 Å². The molecule has 188 valence electrons. The number of carboxylic acids is 1. The summed E-state index contributed by atoms with van der Waals surface area (Å²) in [5, 5.41) is 25.8. The molecule has 0 bridgehead atoms. The Kier molecular flexibility index (Phi) is 6.94. The number of carbonyl (C=O) groups is 4. The summed E-state index contributed by atoms with van der Waals surface area (Å²) < 4.78 is 0. The number of hydrogen-bond donors (Lipinski definition) is 4. The van der Waals surface area contributed by atoms with Crippen LogP contribution in [0.25, 0.3) is 0 Å². The van der Waals surface area contributed by atoms with Gasteiger partial charge >= 0.3 is 5.97 Å². The molecule has 3 amide bonds. The maximum atomic E-state index is 12.9. The predicted molar refractivity (Wildman–Crippen MR) is 131 cm³/mol. The maximum Gasteiger partial charge on any atom is 0.353 e. The van der Waals surface area contributed by atoms with Crippen molar-refractivity contribution in [2.24, 2.45) is 11.8 Å². The fourth-order valence-electron chi connectivity index (χ4n) is 5.07. The number of thioether (sulfide) groups is 1. The molecule has 0 spiro atoms. The van der Waals surface area contributed by atoms with Gasteiger partial charge in [-0.1, -0.05) is 13.0 Å². The molecule has 6 atom stereocenters. The average Bonchev–Trinajstić information content (AvgIpc) is 3.35. The number of hydrogen-bond acceptors (Lipinski definition) is 7. The molecule has 0 saturated carbocycles. The molecule has 0 aromatic heterocycles. The van der Waals surface area contributed by atoms with Crippen molar-refractivity contribution in [3.8, 4) is 0 Å². The Balaban J connectivity index is 1.42. The van der Waals surface area contributed by atoms with E-state index in [-0.39, 0.29) is 40.6 Å². The molecule has 3 aliphatic heterocycles. The number of aliphatic carboxylic acids is 1. The van der Waals surface area contributed by atoms with Gasteiger partial charge in [-0.05, 0) is 31.5 Å². The molecule has 35 heavy (non-hydrogen) atoms. The summed E-state index contributed by atoms with van der Waals surface area (Å²) >= 11 is 1.39. The Morgan fingerprint density at radius 2 is 2.00 bits per heavy atom. The van der Waals surface area contributed by atoms with Crippen molar-refractivity contribution >= 4 is 41.1 Å². The summed E-state index contributed by atoms with van der Waals surface area (Å²) in [6, 6.07) is 5.91. The van der Waals surface area contributed by atoms with Gasteiger partial charge in [0.15, 0.2) is 0 Å². The molecule has 3 aliphatic rings. The molecule has 1 aromatic carbocycles. The third-order valence-corrected chi connectivity index (χ3v) is 8.31. The highest BCUT2D eigenvalue weighted by molar-refractivity contribution is 8.03. The largest absolute Gasteiger partial charge is 0.477 e. The van der Waals surface area contributed by atoms with Crippen molar-refractivity contribution in [2.75, 3.05) is 26.0 Å². The summed E-state index contributed by atoms with van der Waals surface area (Å²) in [6.07, 6.45) is -0.368. The maximum absolute atomic E-state index is 12.9. The Morgan fingerprint density at radius 3 is 2.63 bits per heavy atom. The highest BCUT2D eigenvalue weighted by atomic mass is 32.2. The van der Waals surface area contributed by atoms with Crippen molar-refractivity contribution in [2.45, 2.75) is 43.7 Å². The van der Waals surface area contributed by atoms with Crippen LogP contribution < -0.4 is 10.6 Å².